The highest BCUT2D eigenvalue weighted by Gasteiger charge is 2.27. The third-order valence-corrected chi connectivity index (χ3v) is 5.61. The maximum Gasteiger partial charge on any atom is 0.341 e. The molecule has 0 unspecified atom stereocenters. The topological polar surface area (TPSA) is 50.6 Å². The van der Waals surface area contributed by atoms with Gasteiger partial charge in [-0.1, -0.05) is 11.6 Å². The summed E-state index contributed by atoms with van der Waals surface area (Å²) in [6.45, 7) is 5.93. The number of hydrogen-bond donors (Lipinski definition) is 0. The van der Waals surface area contributed by atoms with E-state index >= 15 is 0 Å². The molecule has 1 aliphatic rings. The number of thiophene rings is 1. The largest absolute Gasteiger partial charge is 0.462 e. The fourth-order valence-electron chi connectivity index (χ4n) is 3.04. The molecule has 3 rings (SSSR count). The van der Waals surface area contributed by atoms with E-state index in [4.69, 9.17) is 16.3 Å². The van der Waals surface area contributed by atoms with E-state index in [0.717, 1.165) is 43.3 Å². The van der Waals surface area contributed by atoms with Gasteiger partial charge in [0.15, 0.2) is 0 Å². The Morgan fingerprint density at radius 3 is 2.59 bits per heavy atom. The number of rotatable bonds is 7. The molecule has 0 amide bonds. The minimum Gasteiger partial charge on any atom is -0.462 e. The number of piperazine rings is 1. The number of carbonyl (C=O) groups is 1. The molecule has 0 atom stereocenters. The molecule has 0 spiro atoms. The van der Waals surface area contributed by atoms with Crippen molar-refractivity contribution in [1.82, 2.24) is 19.6 Å². The Hall–Kier alpha value is -1.55. The van der Waals surface area contributed by atoms with Crippen molar-refractivity contribution in [2.45, 2.75) is 26.6 Å². The molecule has 1 saturated heterocycles. The summed E-state index contributed by atoms with van der Waals surface area (Å²) in [4.78, 5) is 17.4. The Morgan fingerprint density at radius 2 is 2.00 bits per heavy atom. The minimum atomic E-state index is -2.79. The number of aromatic nitrogens is 2. The van der Waals surface area contributed by atoms with Crippen LogP contribution in [0.15, 0.2) is 18.3 Å². The van der Waals surface area contributed by atoms with Crippen LogP contribution >= 0.6 is 22.9 Å². The number of alkyl halides is 2. The van der Waals surface area contributed by atoms with E-state index in [-0.39, 0.29) is 24.5 Å². The maximum atomic E-state index is 13.5. The predicted molar refractivity (Wildman–Crippen MR) is 99.3 cm³/mol. The average molecular weight is 419 g/mol. The van der Waals surface area contributed by atoms with Gasteiger partial charge in [-0.05, 0) is 19.1 Å². The molecule has 27 heavy (non-hydrogen) atoms. The normalized spacial score (nSPS) is 16.2. The van der Waals surface area contributed by atoms with Crippen molar-refractivity contribution in [2.24, 2.45) is 0 Å². The van der Waals surface area contributed by atoms with Crippen LogP contribution in [-0.2, 0) is 18.0 Å². The summed E-state index contributed by atoms with van der Waals surface area (Å²) in [6, 6.07) is 3.91. The van der Waals surface area contributed by atoms with Crippen molar-refractivity contribution in [3.05, 3.63) is 38.8 Å². The zero-order valence-corrected chi connectivity index (χ0v) is 16.5. The van der Waals surface area contributed by atoms with Crippen molar-refractivity contribution in [3.8, 4) is 0 Å². The van der Waals surface area contributed by atoms with E-state index in [9.17, 15) is 13.6 Å². The molecule has 0 aromatic carbocycles. The Bertz CT molecular complexity index is 775. The first kappa shape index (κ1) is 20.2. The number of esters is 1. The fourth-order valence-corrected chi connectivity index (χ4v) is 4.17. The van der Waals surface area contributed by atoms with E-state index in [0.29, 0.717) is 0 Å². The molecule has 3 heterocycles. The Kier molecular flexibility index (Phi) is 6.80. The zero-order valence-electron chi connectivity index (χ0n) is 14.9. The van der Waals surface area contributed by atoms with Gasteiger partial charge in [0.25, 0.3) is 6.43 Å². The average Bonchev–Trinajstić information content (AvgIpc) is 3.23. The first-order valence-corrected chi connectivity index (χ1v) is 9.87. The van der Waals surface area contributed by atoms with E-state index in [1.165, 1.54) is 9.56 Å². The molecule has 0 radical (unpaired) electrons. The van der Waals surface area contributed by atoms with Crippen molar-refractivity contribution in [1.29, 1.82) is 0 Å². The SMILES string of the molecule is CCOC(=O)c1cnn(CN2CCN(Cc3ccc(Cl)s3)CC2)c1C(F)F. The van der Waals surface area contributed by atoms with Gasteiger partial charge in [-0.3, -0.25) is 9.80 Å². The summed E-state index contributed by atoms with van der Waals surface area (Å²) in [6.07, 6.45) is -1.63. The van der Waals surface area contributed by atoms with Gasteiger partial charge in [0.2, 0.25) is 0 Å². The van der Waals surface area contributed by atoms with Crippen LogP contribution in [-0.4, -0.2) is 58.3 Å². The van der Waals surface area contributed by atoms with Crippen LogP contribution in [0, 0.1) is 0 Å². The van der Waals surface area contributed by atoms with Gasteiger partial charge in [-0.15, -0.1) is 11.3 Å². The molecule has 6 nitrogen and oxygen atoms in total. The number of hydrogen-bond acceptors (Lipinski definition) is 6. The molecular weight excluding hydrogens is 398 g/mol. The summed E-state index contributed by atoms with van der Waals surface area (Å²) in [5, 5.41) is 3.99. The van der Waals surface area contributed by atoms with E-state index in [2.05, 4.69) is 10.00 Å². The van der Waals surface area contributed by atoms with E-state index < -0.39 is 12.4 Å². The highest BCUT2D eigenvalue weighted by molar-refractivity contribution is 7.16. The molecular formula is C17H21ClF2N4O2S. The molecule has 1 aliphatic heterocycles. The second-order valence-corrected chi connectivity index (χ2v) is 8.01. The third kappa shape index (κ3) is 5.04. The fraction of sp³-hybridized carbons (Fsp3) is 0.529. The zero-order chi connectivity index (χ0) is 19.4. The summed E-state index contributed by atoms with van der Waals surface area (Å²) in [7, 11) is 0. The molecule has 0 saturated carbocycles. The van der Waals surface area contributed by atoms with Gasteiger partial charge in [0.1, 0.15) is 11.3 Å². The van der Waals surface area contributed by atoms with Gasteiger partial charge in [0.05, 0.1) is 23.8 Å². The van der Waals surface area contributed by atoms with Gasteiger partial charge < -0.3 is 4.74 Å². The third-order valence-electron chi connectivity index (χ3n) is 4.39. The number of halogens is 3. The second kappa shape index (κ2) is 9.09. The Morgan fingerprint density at radius 1 is 1.30 bits per heavy atom. The van der Waals surface area contributed by atoms with E-state index in [1.54, 1.807) is 18.3 Å². The lowest BCUT2D eigenvalue weighted by atomic mass is 10.2. The first-order chi connectivity index (χ1) is 13.0. The predicted octanol–water partition coefficient (Wildman–Crippen LogP) is 3.49. The van der Waals surface area contributed by atoms with Crippen molar-refractivity contribution < 1.29 is 18.3 Å². The quantitative estimate of drug-likeness (QED) is 0.644. The van der Waals surface area contributed by atoms with Gasteiger partial charge in [-0.2, -0.15) is 5.10 Å². The Balaban J connectivity index is 1.59. The number of ether oxygens (including phenoxy) is 1. The van der Waals surface area contributed by atoms with Gasteiger partial charge in [0, 0.05) is 37.6 Å². The van der Waals surface area contributed by atoms with Gasteiger partial charge >= 0.3 is 5.97 Å². The highest BCUT2D eigenvalue weighted by Crippen LogP contribution is 2.25. The summed E-state index contributed by atoms with van der Waals surface area (Å²) < 4.78 is 33.8. The number of carbonyl (C=O) groups excluding carboxylic acids is 1. The second-order valence-electron chi connectivity index (χ2n) is 6.21. The maximum absolute atomic E-state index is 13.5. The molecule has 2 aromatic heterocycles. The smallest absolute Gasteiger partial charge is 0.341 e. The summed E-state index contributed by atoms with van der Waals surface area (Å²) >= 11 is 7.53. The summed E-state index contributed by atoms with van der Waals surface area (Å²) in [5.74, 6) is -0.765. The molecule has 0 bridgehead atoms. The molecule has 2 aromatic rings. The van der Waals surface area contributed by atoms with Crippen LogP contribution in [0.2, 0.25) is 4.34 Å². The lowest BCUT2D eigenvalue weighted by molar-refractivity contribution is 0.0509. The van der Waals surface area contributed by atoms with Crippen LogP contribution in [0.25, 0.3) is 0 Å². The minimum absolute atomic E-state index is 0.129. The molecule has 0 aliphatic carbocycles. The molecule has 1 fully saturated rings. The Labute approximate surface area is 165 Å². The standard InChI is InChI=1S/C17H21ClF2N4O2S/c1-2-26-17(25)13-9-21-24(15(13)16(19)20)11-23-7-5-22(6-8-23)10-12-3-4-14(18)27-12/h3-4,9,16H,2,5-8,10-11H2,1H3. The van der Waals surface area contributed by atoms with Gasteiger partial charge in [-0.25, -0.2) is 18.3 Å². The van der Waals surface area contributed by atoms with Crippen LogP contribution in [0.4, 0.5) is 8.78 Å². The van der Waals surface area contributed by atoms with Crippen molar-refractivity contribution in [2.75, 3.05) is 32.8 Å². The molecule has 10 heteroatoms. The lowest BCUT2D eigenvalue weighted by Gasteiger charge is -2.34. The first-order valence-electron chi connectivity index (χ1n) is 8.67. The van der Waals surface area contributed by atoms with Crippen LogP contribution in [0.1, 0.15) is 34.3 Å². The van der Waals surface area contributed by atoms with Crippen LogP contribution in [0.3, 0.4) is 0 Å². The lowest BCUT2D eigenvalue weighted by Crippen LogP contribution is -2.46. The van der Waals surface area contributed by atoms with Crippen LogP contribution < -0.4 is 0 Å². The highest BCUT2D eigenvalue weighted by atomic mass is 35.5. The van der Waals surface area contributed by atoms with Crippen molar-refractivity contribution in [3.63, 3.8) is 0 Å². The molecule has 0 N–H and O–H groups in total. The number of nitrogens with zero attached hydrogens (tertiary/aromatic N) is 4. The van der Waals surface area contributed by atoms with Crippen LogP contribution in [0.5, 0.6) is 0 Å². The van der Waals surface area contributed by atoms with Crippen molar-refractivity contribution >= 4 is 28.9 Å². The monoisotopic (exact) mass is 418 g/mol. The summed E-state index contributed by atoms with van der Waals surface area (Å²) in [5.41, 5.74) is -0.552. The molecule has 148 valence electrons. The van der Waals surface area contributed by atoms with E-state index in [1.807, 2.05) is 17.0 Å².